The van der Waals surface area contributed by atoms with E-state index in [1.807, 2.05) is 53.7 Å². The maximum absolute atomic E-state index is 13.0. The third kappa shape index (κ3) is 11.2. The van der Waals surface area contributed by atoms with Gasteiger partial charge >= 0.3 is 0 Å². The number of aliphatic hydroxyl groups is 5. The second kappa shape index (κ2) is 19.6. The molecule has 2 aromatic carbocycles. The van der Waals surface area contributed by atoms with Crippen LogP contribution < -0.4 is 4.74 Å². The minimum Gasteiger partial charge on any atom is -0.490 e. The van der Waals surface area contributed by atoms with Gasteiger partial charge in [-0.05, 0) is 105 Å². The fourth-order valence-electron chi connectivity index (χ4n) is 7.49. The lowest BCUT2D eigenvalue weighted by Crippen LogP contribution is -2.50. The molecule has 1 saturated heterocycles. The highest BCUT2D eigenvalue weighted by Crippen LogP contribution is 2.53. The molecular weight excluding hydrogens is 773 g/mol. The number of likely N-dealkylation sites (tertiary alicyclic amines) is 1. The van der Waals surface area contributed by atoms with Gasteiger partial charge in [0.25, 0.3) is 0 Å². The first-order valence-electron chi connectivity index (χ1n) is 20.0. The number of unbranched alkanes of at least 4 members (excludes halogenated alkanes) is 1. The third-order valence-corrected chi connectivity index (χ3v) is 12.2. The molecule has 2 saturated carbocycles. The number of halogens is 2. The van der Waals surface area contributed by atoms with Crippen molar-refractivity contribution in [2.45, 2.75) is 113 Å². The molecule has 2 heterocycles. The second-order valence-electron chi connectivity index (χ2n) is 15.9. The summed E-state index contributed by atoms with van der Waals surface area (Å²) in [6, 6.07) is 14.0. The highest BCUT2D eigenvalue weighted by Gasteiger charge is 2.48. The van der Waals surface area contributed by atoms with Crippen LogP contribution in [0.25, 0.3) is 11.1 Å². The molecular formula is C43H55Cl2N3O9. The Kier molecular flexibility index (Phi) is 14.9. The van der Waals surface area contributed by atoms with E-state index in [0.717, 1.165) is 65.7 Å². The number of pyridine rings is 1. The summed E-state index contributed by atoms with van der Waals surface area (Å²) in [5.41, 5.74) is 4.43. The Hall–Kier alpha value is -3.33. The predicted molar refractivity (Wildman–Crippen MR) is 216 cm³/mol. The van der Waals surface area contributed by atoms with Crippen LogP contribution in [0.4, 0.5) is 0 Å². The van der Waals surface area contributed by atoms with Crippen molar-refractivity contribution in [3.63, 3.8) is 0 Å². The minimum atomic E-state index is -1.75. The van der Waals surface area contributed by atoms with Crippen molar-refractivity contribution in [2.24, 2.45) is 5.92 Å². The van der Waals surface area contributed by atoms with Gasteiger partial charge in [0.1, 0.15) is 30.2 Å². The molecule has 3 aliphatic rings. The van der Waals surface area contributed by atoms with Crippen molar-refractivity contribution < 1.29 is 44.6 Å². The molecule has 4 atom stereocenters. The van der Waals surface area contributed by atoms with Crippen LogP contribution in [0, 0.1) is 5.92 Å². The fourth-order valence-corrected chi connectivity index (χ4v) is 8.02. The molecule has 3 fully saturated rings. The number of aryl methyl sites for hydroxylation is 1. The lowest BCUT2D eigenvalue weighted by Gasteiger charge is -2.33. The van der Waals surface area contributed by atoms with Crippen LogP contribution in [0.5, 0.6) is 5.75 Å². The number of aliphatic hydroxyl groups excluding tert-OH is 5. The molecule has 2 amide bonds. The smallest absolute Gasteiger partial charge is 0.222 e. The van der Waals surface area contributed by atoms with Crippen LogP contribution in [0.15, 0.2) is 54.9 Å². The molecule has 5 N–H and O–H groups in total. The zero-order valence-electron chi connectivity index (χ0n) is 32.4. The number of carbonyl (C=O) groups is 2. The number of ether oxygens (including phenoxy) is 2. The molecule has 57 heavy (non-hydrogen) atoms. The van der Waals surface area contributed by atoms with E-state index in [-0.39, 0.29) is 36.8 Å². The number of para-hydroxylation sites is 1. The number of amides is 2. The summed E-state index contributed by atoms with van der Waals surface area (Å²) in [7, 11) is 1.49. The lowest BCUT2D eigenvalue weighted by atomic mass is 9.92. The first kappa shape index (κ1) is 43.3. The Morgan fingerprint density at radius 1 is 0.930 bits per heavy atom. The Morgan fingerprint density at radius 2 is 1.61 bits per heavy atom. The van der Waals surface area contributed by atoms with Gasteiger partial charge in [0.05, 0.1) is 24.9 Å². The van der Waals surface area contributed by atoms with Crippen molar-refractivity contribution in [3.05, 3.63) is 81.6 Å². The van der Waals surface area contributed by atoms with Crippen molar-refractivity contribution in [3.8, 4) is 16.9 Å². The molecule has 1 aliphatic heterocycles. The standard InChI is InChI=1S/C43H55Cl2N3O9/c1-47(24-36(50)41(54)42(55)37(51)25-49)40(53)20-27-13-18-48(19-14-27)39(52)9-5-2-6-28-21-35(45)29(22-34(28)44)26-56-43(15-16-43)33-23-46-17-12-31(33)32-7-3-4-8-38(32)57-30-10-11-30/h3-4,7-8,12,17,21-23,27,30,36-37,41-42,49-51,54-55H,2,5-6,9-11,13-16,18-20,24-26H2,1H3/t36-,37+,41+,42+/m1/s1. The zero-order valence-corrected chi connectivity index (χ0v) is 34.0. The Labute approximate surface area is 344 Å². The monoisotopic (exact) mass is 827 g/mol. The molecule has 3 aromatic rings. The number of nitrogens with zero attached hydrogens (tertiary/aromatic N) is 3. The molecule has 14 heteroatoms. The van der Waals surface area contributed by atoms with Crippen molar-refractivity contribution in [1.82, 2.24) is 14.8 Å². The Balaban J connectivity index is 0.923. The second-order valence-corrected chi connectivity index (χ2v) is 16.7. The van der Waals surface area contributed by atoms with Gasteiger partial charge in [0, 0.05) is 73.1 Å². The van der Waals surface area contributed by atoms with E-state index in [0.29, 0.717) is 61.8 Å². The van der Waals surface area contributed by atoms with Crippen LogP contribution in [-0.2, 0) is 33.0 Å². The number of benzene rings is 2. The number of hydrogen-bond acceptors (Lipinski definition) is 10. The zero-order chi connectivity index (χ0) is 40.7. The number of carbonyl (C=O) groups excluding carboxylic acids is 2. The van der Waals surface area contributed by atoms with E-state index < -0.39 is 36.6 Å². The van der Waals surface area contributed by atoms with E-state index in [1.54, 1.807) is 0 Å². The molecule has 12 nitrogen and oxygen atoms in total. The van der Waals surface area contributed by atoms with E-state index in [4.69, 9.17) is 37.8 Å². The summed E-state index contributed by atoms with van der Waals surface area (Å²) in [5.74, 6) is 0.805. The molecule has 0 radical (unpaired) electrons. The predicted octanol–water partition coefficient (Wildman–Crippen LogP) is 5.04. The molecule has 2 aliphatic carbocycles. The van der Waals surface area contributed by atoms with Gasteiger partial charge < -0.3 is 44.8 Å². The summed E-state index contributed by atoms with van der Waals surface area (Å²) in [6.07, 6.45) is 5.47. The van der Waals surface area contributed by atoms with Gasteiger partial charge in [-0.15, -0.1) is 0 Å². The fraction of sp³-hybridized carbons (Fsp3) is 0.558. The summed E-state index contributed by atoms with van der Waals surface area (Å²) in [5, 5.41) is 49.8. The molecule has 6 rings (SSSR count). The van der Waals surface area contributed by atoms with Crippen molar-refractivity contribution in [2.75, 3.05) is 33.3 Å². The first-order chi connectivity index (χ1) is 27.4. The lowest BCUT2D eigenvalue weighted by molar-refractivity contribution is -0.139. The summed E-state index contributed by atoms with van der Waals surface area (Å²) < 4.78 is 12.9. The van der Waals surface area contributed by atoms with Crippen LogP contribution in [0.1, 0.15) is 80.9 Å². The molecule has 0 spiro atoms. The average molecular weight is 829 g/mol. The normalized spacial score (nSPS) is 18.8. The quantitative estimate of drug-likeness (QED) is 0.0973. The van der Waals surface area contributed by atoms with Gasteiger partial charge in [-0.25, -0.2) is 0 Å². The number of hydrogen-bond donors (Lipinski definition) is 5. The summed E-state index contributed by atoms with van der Waals surface area (Å²) in [6.45, 7) is 0.401. The molecule has 0 unspecified atom stereocenters. The van der Waals surface area contributed by atoms with Crippen LogP contribution in [0.2, 0.25) is 10.0 Å². The van der Waals surface area contributed by atoms with Crippen molar-refractivity contribution in [1.29, 1.82) is 0 Å². The van der Waals surface area contributed by atoms with Crippen LogP contribution >= 0.6 is 23.2 Å². The maximum Gasteiger partial charge on any atom is 0.222 e. The average Bonchev–Trinajstić information content (AvgIpc) is 4.17. The SMILES string of the molecule is CN(C[C@@H](O)[C@H](O)[C@@H](O)[C@@H](O)CO)C(=O)CC1CCN(C(=O)CCCCc2cc(Cl)c(COC3(c4cnccc4-c4ccccc4OC4CC4)CC3)cc2Cl)CC1. The van der Waals surface area contributed by atoms with Crippen LogP contribution in [-0.4, -0.2) is 116 Å². The first-order valence-corrected chi connectivity index (χ1v) is 20.8. The van der Waals surface area contributed by atoms with Gasteiger partial charge in [-0.1, -0.05) is 41.4 Å². The van der Waals surface area contributed by atoms with Gasteiger partial charge in [0.2, 0.25) is 11.8 Å². The number of rotatable bonds is 20. The van der Waals surface area contributed by atoms with Gasteiger partial charge in [-0.2, -0.15) is 0 Å². The van der Waals surface area contributed by atoms with Crippen LogP contribution in [0.3, 0.4) is 0 Å². The molecule has 1 aromatic heterocycles. The third-order valence-electron chi connectivity index (χ3n) is 11.5. The highest BCUT2D eigenvalue weighted by atomic mass is 35.5. The largest absolute Gasteiger partial charge is 0.490 e. The Bertz CT molecular complexity index is 1830. The highest BCUT2D eigenvalue weighted by molar-refractivity contribution is 6.34. The number of likely N-dealkylation sites (N-methyl/N-ethyl adjacent to an activating group) is 1. The topological polar surface area (TPSA) is 173 Å². The van der Waals surface area contributed by atoms with E-state index in [9.17, 15) is 30.0 Å². The Morgan fingerprint density at radius 3 is 2.32 bits per heavy atom. The van der Waals surface area contributed by atoms with Crippen molar-refractivity contribution >= 4 is 35.0 Å². The maximum atomic E-state index is 13.0. The summed E-state index contributed by atoms with van der Waals surface area (Å²) >= 11 is 13.5. The number of aromatic nitrogens is 1. The van der Waals surface area contributed by atoms with E-state index >= 15 is 0 Å². The molecule has 310 valence electrons. The van der Waals surface area contributed by atoms with Gasteiger partial charge in [-0.3, -0.25) is 14.6 Å². The van der Waals surface area contributed by atoms with E-state index in [1.165, 1.54) is 11.9 Å². The molecule has 0 bridgehead atoms. The van der Waals surface area contributed by atoms with E-state index in [2.05, 4.69) is 11.1 Å². The van der Waals surface area contributed by atoms with Gasteiger partial charge in [0.15, 0.2) is 0 Å². The summed E-state index contributed by atoms with van der Waals surface area (Å²) in [4.78, 5) is 33.4. The minimum absolute atomic E-state index is 0.0740. The number of piperidine rings is 1.